The number of aromatic nitrogens is 2. The molecule has 142 valence electrons. The van der Waals surface area contributed by atoms with Crippen molar-refractivity contribution in [1.29, 1.82) is 0 Å². The molecule has 5 rings (SSSR count). The average Bonchev–Trinajstić information content (AvgIpc) is 3.03. The lowest BCUT2D eigenvalue weighted by atomic mass is 10.1. The minimum absolute atomic E-state index is 0.0679. The van der Waals surface area contributed by atoms with E-state index in [4.69, 9.17) is 0 Å². The fourth-order valence-corrected chi connectivity index (χ4v) is 6.31. The van der Waals surface area contributed by atoms with Crippen molar-refractivity contribution in [3.8, 4) is 11.3 Å². The molecule has 0 unspecified atom stereocenters. The Hall–Kier alpha value is -2.48. The van der Waals surface area contributed by atoms with Crippen molar-refractivity contribution in [2.75, 3.05) is 0 Å². The topological polar surface area (TPSA) is 63.5 Å². The average molecular weight is 410 g/mol. The Balaban J connectivity index is 1.38. The zero-order chi connectivity index (χ0) is 19.3. The van der Waals surface area contributed by atoms with Crippen LogP contribution in [0, 0.1) is 5.92 Å². The van der Waals surface area contributed by atoms with E-state index in [1.54, 1.807) is 10.6 Å². The summed E-state index contributed by atoms with van der Waals surface area (Å²) in [6.45, 7) is 2.08. The van der Waals surface area contributed by atoms with Gasteiger partial charge in [-0.15, -0.1) is 0 Å². The van der Waals surface area contributed by atoms with Gasteiger partial charge in [-0.2, -0.15) is 0 Å². The Bertz CT molecular complexity index is 1200. The minimum Gasteiger partial charge on any atom is -0.296 e. The molecule has 0 bridgehead atoms. The largest absolute Gasteiger partial charge is 0.296 e. The van der Waals surface area contributed by atoms with Crippen LogP contribution in [0.15, 0.2) is 77.3 Å². The molecule has 28 heavy (non-hydrogen) atoms. The number of nitrogens with zero attached hydrogens (tertiary/aromatic N) is 2. The first-order chi connectivity index (χ1) is 13.5. The van der Waals surface area contributed by atoms with E-state index in [2.05, 4.69) is 28.8 Å². The van der Waals surface area contributed by atoms with E-state index < -0.39 is 10.0 Å². The SMILES string of the molecule is C[C@H]1[C@H](NS(=O)(=O)c2cn3cc(-c4ccccc4)nc3s2)[C@H]1c1ccccc1. The second-order valence-electron chi connectivity index (χ2n) is 7.17. The lowest BCUT2D eigenvalue weighted by Gasteiger charge is -2.04. The summed E-state index contributed by atoms with van der Waals surface area (Å²) in [4.78, 5) is 5.25. The van der Waals surface area contributed by atoms with Gasteiger partial charge < -0.3 is 0 Å². The lowest BCUT2D eigenvalue weighted by Crippen LogP contribution is -2.27. The Labute approximate surface area is 167 Å². The van der Waals surface area contributed by atoms with Gasteiger partial charge >= 0.3 is 0 Å². The summed E-state index contributed by atoms with van der Waals surface area (Å²) in [5.41, 5.74) is 3.03. The van der Waals surface area contributed by atoms with Gasteiger partial charge in [-0.25, -0.2) is 18.1 Å². The standard InChI is InChI=1S/C21H19N3O2S2/c1-14-19(16-10-6-3-7-11-16)20(14)23-28(25,26)18-13-24-12-17(22-21(24)27-18)15-8-4-2-5-9-15/h2-14,19-20,23H,1H3/t14-,19-,20+/m1/s1. The Kier molecular flexibility index (Phi) is 4.12. The van der Waals surface area contributed by atoms with E-state index in [9.17, 15) is 8.42 Å². The van der Waals surface area contributed by atoms with Crippen LogP contribution in [-0.4, -0.2) is 23.8 Å². The number of hydrogen-bond donors (Lipinski definition) is 1. The maximum atomic E-state index is 12.9. The summed E-state index contributed by atoms with van der Waals surface area (Å²) in [6.07, 6.45) is 3.51. The van der Waals surface area contributed by atoms with Gasteiger partial charge in [-0.1, -0.05) is 78.9 Å². The third-order valence-corrected chi connectivity index (χ3v) is 8.24. The Morgan fingerprint density at radius 2 is 1.68 bits per heavy atom. The van der Waals surface area contributed by atoms with Crippen LogP contribution in [0.4, 0.5) is 0 Å². The summed E-state index contributed by atoms with van der Waals surface area (Å²) in [5, 5.41) is 0. The van der Waals surface area contributed by atoms with Crippen LogP contribution in [0.1, 0.15) is 18.4 Å². The molecule has 1 fully saturated rings. The van der Waals surface area contributed by atoms with Crippen LogP contribution in [-0.2, 0) is 10.0 Å². The quantitative estimate of drug-likeness (QED) is 0.539. The zero-order valence-corrected chi connectivity index (χ0v) is 16.8. The van der Waals surface area contributed by atoms with Crippen LogP contribution in [0.5, 0.6) is 0 Å². The van der Waals surface area contributed by atoms with E-state index in [-0.39, 0.29) is 17.9 Å². The maximum Gasteiger partial charge on any atom is 0.251 e. The van der Waals surface area contributed by atoms with Gasteiger partial charge in [-0.05, 0) is 11.5 Å². The molecule has 0 amide bonds. The lowest BCUT2D eigenvalue weighted by molar-refractivity contribution is 0.579. The molecule has 3 atom stereocenters. The highest BCUT2D eigenvalue weighted by atomic mass is 32.2. The van der Waals surface area contributed by atoms with Crippen LogP contribution >= 0.6 is 11.3 Å². The fourth-order valence-electron chi connectivity index (χ4n) is 3.71. The van der Waals surface area contributed by atoms with Crippen molar-refractivity contribution in [2.45, 2.75) is 23.1 Å². The molecule has 2 aromatic heterocycles. The van der Waals surface area contributed by atoms with Gasteiger partial charge in [0.25, 0.3) is 10.0 Å². The van der Waals surface area contributed by atoms with Crippen molar-refractivity contribution in [2.24, 2.45) is 5.92 Å². The van der Waals surface area contributed by atoms with Gasteiger partial charge in [0.2, 0.25) is 0 Å². The van der Waals surface area contributed by atoms with Crippen LogP contribution < -0.4 is 4.72 Å². The fraction of sp³-hybridized carbons (Fsp3) is 0.190. The molecule has 1 saturated carbocycles. The zero-order valence-electron chi connectivity index (χ0n) is 15.2. The first kappa shape index (κ1) is 17.6. The predicted molar refractivity (Wildman–Crippen MR) is 111 cm³/mol. The molecule has 1 aliphatic rings. The Morgan fingerprint density at radius 3 is 2.36 bits per heavy atom. The highest BCUT2D eigenvalue weighted by Crippen LogP contribution is 2.48. The van der Waals surface area contributed by atoms with E-state index in [1.165, 1.54) is 16.9 Å². The van der Waals surface area contributed by atoms with Crippen molar-refractivity contribution < 1.29 is 8.42 Å². The number of imidazole rings is 1. The molecule has 0 saturated heterocycles. The number of hydrogen-bond acceptors (Lipinski definition) is 4. The first-order valence-corrected chi connectivity index (χ1v) is 11.4. The maximum absolute atomic E-state index is 12.9. The van der Waals surface area contributed by atoms with Crippen LogP contribution in [0.25, 0.3) is 16.2 Å². The summed E-state index contributed by atoms with van der Waals surface area (Å²) >= 11 is 1.19. The third kappa shape index (κ3) is 3.05. The second-order valence-corrected chi connectivity index (χ2v) is 10.1. The van der Waals surface area contributed by atoms with E-state index >= 15 is 0 Å². The van der Waals surface area contributed by atoms with Crippen molar-refractivity contribution in [3.05, 3.63) is 78.6 Å². The van der Waals surface area contributed by atoms with Crippen molar-refractivity contribution in [1.82, 2.24) is 14.1 Å². The van der Waals surface area contributed by atoms with Gasteiger partial charge in [0.05, 0.1) is 5.69 Å². The summed E-state index contributed by atoms with van der Waals surface area (Å²) in [6, 6.07) is 19.9. The van der Waals surface area contributed by atoms with Crippen LogP contribution in [0.2, 0.25) is 0 Å². The summed E-state index contributed by atoms with van der Waals surface area (Å²) in [7, 11) is -3.57. The molecule has 1 aliphatic carbocycles. The highest BCUT2D eigenvalue weighted by Gasteiger charge is 2.49. The number of thiazole rings is 1. The van der Waals surface area contributed by atoms with Gasteiger partial charge in [-0.3, -0.25) is 4.40 Å². The molecule has 7 heteroatoms. The van der Waals surface area contributed by atoms with Gasteiger partial charge in [0.1, 0.15) is 0 Å². The monoisotopic (exact) mass is 409 g/mol. The molecular weight excluding hydrogens is 390 g/mol. The Morgan fingerprint density at radius 1 is 1.00 bits per heavy atom. The second kappa shape index (κ2) is 6.55. The molecule has 0 spiro atoms. The van der Waals surface area contributed by atoms with Crippen molar-refractivity contribution >= 4 is 26.3 Å². The number of sulfonamides is 1. The number of benzene rings is 2. The summed E-state index contributed by atoms with van der Waals surface area (Å²) < 4.78 is 30.7. The normalized spacial score (nSPS) is 21.8. The van der Waals surface area contributed by atoms with E-state index in [0.717, 1.165) is 11.3 Å². The minimum atomic E-state index is -3.57. The number of rotatable bonds is 5. The molecule has 5 nitrogen and oxygen atoms in total. The van der Waals surface area contributed by atoms with Crippen LogP contribution in [0.3, 0.4) is 0 Å². The predicted octanol–water partition coefficient (Wildman–Crippen LogP) is 4.14. The number of nitrogens with one attached hydrogen (secondary N) is 1. The van der Waals surface area contributed by atoms with Gasteiger partial charge in [0.15, 0.2) is 9.17 Å². The molecule has 2 heterocycles. The van der Waals surface area contributed by atoms with E-state index in [1.807, 2.05) is 54.7 Å². The third-order valence-electron chi connectivity index (χ3n) is 5.32. The van der Waals surface area contributed by atoms with Gasteiger partial charge in [0, 0.05) is 29.9 Å². The summed E-state index contributed by atoms with van der Waals surface area (Å²) in [5.74, 6) is 0.510. The highest BCUT2D eigenvalue weighted by molar-refractivity contribution is 7.91. The first-order valence-electron chi connectivity index (χ1n) is 9.14. The molecule has 0 radical (unpaired) electrons. The van der Waals surface area contributed by atoms with E-state index in [0.29, 0.717) is 9.17 Å². The molecule has 4 aromatic rings. The molecule has 1 N–H and O–H groups in total. The number of fused-ring (bicyclic) bond motifs is 1. The van der Waals surface area contributed by atoms with Crippen molar-refractivity contribution in [3.63, 3.8) is 0 Å². The molecular formula is C21H19N3O2S2. The smallest absolute Gasteiger partial charge is 0.251 e. The molecule has 2 aromatic carbocycles. The molecule has 0 aliphatic heterocycles.